The van der Waals surface area contributed by atoms with E-state index in [1.165, 1.54) is 11.1 Å². The Morgan fingerprint density at radius 1 is 0.919 bits per heavy atom. The molecule has 3 aromatic carbocycles. The molecule has 192 valence electrons. The van der Waals surface area contributed by atoms with Crippen molar-refractivity contribution in [1.82, 2.24) is 14.5 Å². The molecule has 0 saturated carbocycles. The van der Waals surface area contributed by atoms with E-state index in [0.29, 0.717) is 13.0 Å². The van der Waals surface area contributed by atoms with Gasteiger partial charge in [-0.25, -0.2) is 4.98 Å². The number of hydrogen-bond acceptors (Lipinski definition) is 3. The van der Waals surface area contributed by atoms with Crippen LogP contribution >= 0.6 is 0 Å². The van der Waals surface area contributed by atoms with Crippen molar-refractivity contribution in [2.45, 2.75) is 57.9 Å². The van der Waals surface area contributed by atoms with E-state index < -0.39 is 0 Å². The molecule has 1 atom stereocenters. The first-order valence-electron chi connectivity index (χ1n) is 13.4. The first-order valence-corrected chi connectivity index (χ1v) is 13.4. The van der Waals surface area contributed by atoms with Crippen molar-refractivity contribution in [3.63, 3.8) is 0 Å². The third-order valence-corrected chi connectivity index (χ3v) is 7.29. The van der Waals surface area contributed by atoms with Crippen molar-refractivity contribution in [2.24, 2.45) is 0 Å². The molecule has 1 fully saturated rings. The number of carbonyl (C=O) groups is 1. The summed E-state index contributed by atoms with van der Waals surface area (Å²) in [4.78, 5) is 19.9. The molecule has 4 aromatic rings. The lowest BCUT2D eigenvalue weighted by Gasteiger charge is -2.19. The fourth-order valence-corrected chi connectivity index (χ4v) is 5.17. The van der Waals surface area contributed by atoms with E-state index in [2.05, 4.69) is 92.1 Å². The molecular weight excluding hydrogens is 458 g/mol. The van der Waals surface area contributed by atoms with E-state index in [9.17, 15) is 4.79 Å². The average molecular weight is 496 g/mol. The van der Waals surface area contributed by atoms with Gasteiger partial charge in [0.1, 0.15) is 11.6 Å². The quantitative estimate of drug-likeness (QED) is 0.254. The summed E-state index contributed by atoms with van der Waals surface area (Å²) in [7, 11) is 0. The predicted octanol–water partition coefficient (Wildman–Crippen LogP) is 6.36. The van der Waals surface area contributed by atoms with Crippen LogP contribution in [0, 0.1) is 0 Å². The fraction of sp³-hybridized carbons (Fsp3) is 0.375. The highest BCUT2D eigenvalue weighted by Crippen LogP contribution is 2.31. The zero-order valence-electron chi connectivity index (χ0n) is 22.2. The van der Waals surface area contributed by atoms with Crippen LogP contribution in [0.15, 0.2) is 78.9 Å². The molecule has 0 bridgehead atoms. The number of carbonyl (C=O) groups excluding carboxylic acids is 1. The molecule has 1 aromatic heterocycles. The maximum Gasteiger partial charge on any atom is 0.223 e. The second-order valence-electron chi connectivity index (χ2n) is 11.1. The van der Waals surface area contributed by atoms with Gasteiger partial charge in [-0.2, -0.15) is 0 Å². The van der Waals surface area contributed by atoms with Crippen LogP contribution < -0.4 is 4.74 Å². The highest BCUT2D eigenvalue weighted by atomic mass is 16.5. The number of likely N-dealkylation sites (tertiary alicyclic amines) is 1. The van der Waals surface area contributed by atoms with E-state index in [-0.39, 0.29) is 17.2 Å². The van der Waals surface area contributed by atoms with Crippen LogP contribution in [-0.4, -0.2) is 40.1 Å². The molecule has 5 nitrogen and oxygen atoms in total. The van der Waals surface area contributed by atoms with Crippen molar-refractivity contribution in [3.8, 4) is 5.75 Å². The number of fused-ring (bicyclic) bond motifs is 1. The van der Waals surface area contributed by atoms with Gasteiger partial charge in [0.2, 0.25) is 5.91 Å². The summed E-state index contributed by atoms with van der Waals surface area (Å²) in [6.07, 6.45) is 2.27. The maximum atomic E-state index is 12.9. The number of rotatable bonds is 9. The number of nitrogens with zero attached hydrogens (tertiary/aromatic N) is 3. The second kappa shape index (κ2) is 10.8. The molecule has 1 aliphatic heterocycles. The van der Waals surface area contributed by atoms with Crippen molar-refractivity contribution in [3.05, 3.63) is 95.8 Å². The lowest BCUT2D eigenvalue weighted by molar-refractivity contribution is -0.127. The summed E-state index contributed by atoms with van der Waals surface area (Å²) >= 11 is 0. The van der Waals surface area contributed by atoms with Crippen LogP contribution in [-0.2, 0) is 23.2 Å². The summed E-state index contributed by atoms with van der Waals surface area (Å²) in [5, 5.41) is 0. The van der Waals surface area contributed by atoms with Gasteiger partial charge in [0.05, 0.1) is 17.6 Å². The summed E-state index contributed by atoms with van der Waals surface area (Å²) in [6.45, 7) is 9.58. The molecule has 0 N–H and O–H groups in total. The Bertz CT molecular complexity index is 1340. The Morgan fingerprint density at radius 2 is 1.65 bits per heavy atom. The Kier molecular flexibility index (Phi) is 7.31. The minimum absolute atomic E-state index is 0.113. The Labute approximate surface area is 220 Å². The van der Waals surface area contributed by atoms with E-state index in [0.717, 1.165) is 55.1 Å². The normalized spacial score (nSPS) is 16.0. The molecular formula is C32H37N3O2. The highest BCUT2D eigenvalue weighted by Gasteiger charge is 2.33. The van der Waals surface area contributed by atoms with Crippen LogP contribution in [0.25, 0.3) is 11.0 Å². The number of amides is 1. The Hall–Kier alpha value is -3.60. The maximum absolute atomic E-state index is 12.9. The van der Waals surface area contributed by atoms with Gasteiger partial charge < -0.3 is 14.2 Å². The van der Waals surface area contributed by atoms with Gasteiger partial charge in [0.25, 0.3) is 0 Å². The number of imidazole rings is 1. The van der Waals surface area contributed by atoms with Crippen LogP contribution in [0.1, 0.15) is 56.5 Å². The molecule has 1 aliphatic rings. The second-order valence-corrected chi connectivity index (χ2v) is 11.1. The predicted molar refractivity (Wildman–Crippen MR) is 149 cm³/mol. The summed E-state index contributed by atoms with van der Waals surface area (Å²) in [5.41, 5.74) is 4.82. The monoisotopic (exact) mass is 495 g/mol. The zero-order chi connectivity index (χ0) is 25.8. The number of para-hydroxylation sites is 2. The summed E-state index contributed by atoms with van der Waals surface area (Å²) in [6, 6.07) is 27.1. The van der Waals surface area contributed by atoms with Crippen LogP contribution in [0.4, 0.5) is 0 Å². The first-order chi connectivity index (χ1) is 17.9. The molecule has 0 spiro atoms. The van der Waals surface area contributed by atoms with Gasteiger partial charge >= 0.3 is 0 Å². The standard InChI is InChI=1S/C32H37N3O2/c1-32(2,3)26-14-16-27(17-15-26)37-21-9-19-35-29-13-8-7-12-28(29)33-31(35)25-22-30(36)34(23-25)20-18-24-10-5-4-6-11-24/h4-8,10-17,25H,9,18-23H2,1-3H3. The highest BCUT2D eigenvalue weighted by molar-refractivity contribution is 5.81. The number of aryl methyl sites for hydroxylation is 1. The van der Waals surface area contributed by atoms with Crippen molar-refractivity contribution in [1.29, 1.82) is 0 Å². The Morgan fingerprint density at radius 3 is 2.41 bits per heavy atom. The minimum atomic E-state index is 0.113. The number of aromatic nitrogens is 2. The largest absolute Gasteiger partial charge is 0.494 e. The van der Waals surface area contributed by atoms with Gasteiger partial charge in [-0.05, 0) is 53.6 Å². The topological polar surface area (TPSA) is 47.4 Å². The fourth-order valence-electron chi connectivity index (χ4n) is 5.17. The lowest BCUT2D eigenvalue weighted by atomic mass is 9.87. The van der Waals surface area contributed by atoms with Gasteiger partial charge in [0.15, 0.2) is 0 Å². The number of ether oxygens (including phenoxy) is 1. The van der Waals surface area contributed by atoms with Gasteiger partial charge in [0, 0.05) is 32.0 Å². The van der Waals surface area contributed by atoms with E-state index in [4.69, 9.17) is 9.72 Å². The van der Waals surface area contributed by atoms with Crippen LogP contribution in [0.5, 0.6) is 5.75 Å². The van der Waals surface area contributed by atoms with Crippen LogP contribution in [0.3, 0.4) is 0 Å². The Balaban J connectivity index is 1.24. The molecule has 1 saturated heterocycles. The molecule has 37 heavy (non-hydrogen) atoms. The van der Waals surface area contributed by atoms with Gasteiger partial charge in [-0.3, -0.25) is 4.79 Å². The number of hydrogen-bond donors (Lipinski definition) is 0. The van der Waals surface area contributed by atoms with E-state index >= 15 is 0 Å². The van der Waals surface area contributed by atoms with Gasteiger partial charge in [-0.1, -0.05) is 75.4 Å². The van der Waals surface area contributed by atoms with Gasteiger partial charge in [-0.15, -0.1) is 0 Å². The van der Waals surface area contributed by atoms with Crippen molar-refractivity contribution in [2.75, 3.05) is 19.7 Å². The summed E-state index contributed by atoms with van der Waals surface area (Å²) in [5.74, 6) is 2.26. The lowest BCUT2D eigenvalue weighted by Crippen LogP contribution is -2.27. The zero-order valence-corrected chi connectivity index (χ0v) is 22.2. The molecule has 5 rings (SSSR count). The number of benzene rings is 3. The van der Waals surface area contributed by atoms with E-state index in [1.54, 1.807) is 0 Å². The SMILES string of the molecule is CC(C)(C)c1ccc(OCCCn2c(C3CC(=O)N(CCc4ccccc4)C3)nc3ccccc32)cc1. The third-order valence-electron chi connectivity index (χ3n) is 7.29. The smallest absolute Gasteiger partial charge is 0.223 e. The van der Waals surface area contributed by atoms with E-state index in [1.807, 2.05) is 17.0 Å². The molecule has 1 unspecified atom stereocenters. The molecule has 0 radical (unpaired) electrons. The molecule has 0 aliphatic carbocycles. The average Bonchev–Trinajstić information content (AvgIpc) is 3.45. The van der Waals surface area contributed by atoms with Crippen molar-refractivity contribution < 1.29 is 9.53 Å². The third kappa shape index (κ3) is 5.87. The minimum Gasteiger partial charge on any atom is -0.494 e. The molecule has 2 heterocycles. The van der Waals surface area contributed by atoms with Crippen molar-refractivity contribution >= 4 is 16.9 Å². The summed E-state index contributed by atoms with van der Waals surface area (Å²) < 4.78 is 8.37. The first kappa shape index (κ1) is 25.1. The molecule has 5 heteroatoms. The van der Waals surface area contributed by atoms with Crippen LogP contribution in [0.2, 0.25) is 0 Å². The molecule has 1 amide bonds.